The van der Waals surface area contributed by atoms with Gasteiger partial charge in [0.25, 0.3) is 0 Å². The molecule has 118 valence electrons. The number of anilines is 1. The van der Waals surface area contributed by atoms with Crippen LogP contribution in [0.5, 0.6) is 0 Å². The second-order valence-corrected chi connectivity index (χ2v) is 6.58. The minimum absolute atomic E-state index is 0.528. The van der Waals surface area contributed by atoms with E-state index in [2.05, 4.69) is 56.2 Å². The molecule has 2 rings (SSSR count). The Bertz CT molecular complexity index is 439. The Morgan fingerprint density at radius 1 is 1.29 bits per heavy atom. The zero-order valence-corrected chi connectivity index (χ0v) is 14.0. The van der Waals surface area contributed by atoms with Gasteiger partial charge in [0.2, 0.25) is 0 Å². The van der Waals surface area contributed by atoms with Crippen LogP contribution in [0.2, 0.25) is 0 Å². The molecule has 1 aliphatic heterocycles. The van der Waals surface area contributed by atoms with Crippen LogP contribution in [-0.4, -0.2) is 32.8 Å². The maximum absolute atomic E-state index is 5.44. The van der Waals surface area contributed by atoms with E-state index in [1.807, 2.05) is 0 Å². The third-order valence-electron chi connectivity index (χ3n) is 4.34. The summed E-state index contributed by atoms with van der Waals surface area (Å²) >= 11 is 0. The lowest BCUT2D eigenvalue weighted by Gasteiger charge is -2.29. The molecule has 0 aliphatic carbocycles. The van der Waals surface area contributed by atoms with E-state index in [4.69, 9.17) is 4.74 Å². The molecule has 1 aliphatic rings. The molecule has 0 radical (unpaired) electrons. The number of nitrogens with one attached hydrogen (secondary N) is 1. The number of rotatable bonds is 6. The average molecular weight is 290 g/mol. The Morgan fingerprint density at radius 2 is 2.00 bits per heavy atom. The monoisotopic (exact) mass is 290 g/mol. The van der Waals surface area contributed by atoms with Gasteiger partial charge in [0.15, 0.2) is 0 Å². The van der Waals surface area contributed by atoms with Crippen molar-refractivity contribution in [1.29, 1.82) is 0 Å². The van der Waals surface area contributed by atoms with Crippen molar-refractivity contribution in [3.8, 4) is 0 Å². The van der Waals surface area contributed by atoms with E-state index >= 15 is 0 Å². The highest BCUT2D eigenvalue weighted by molar-refractivity contribution is 5.50. The minimum atomic E-state index is 0.528. The molecule has 1 N–H and O–H groups in total. The van der Waals surface area contributed by atoms with E-state index in [1.165, 1.54) is 29.7 Å². The van der Waals surface area contributed by atoms with Crippen molar-refractivity contribution in [3.05, 3.63) is 29.3 Å². The molecule has 1 fully saturated rings. The van der Waals surface area contributed by atoms with Crippen LogP contribution >= 0.6 is 0 Å². The van der Waals surface area contributed by atoms with Gasteiger partial charge in [0.05, 0.1) is 0 Å². The standard InChI is InChI=1S/C18H30N2O/c1-14(2)19-12-17-5-6-18(11-15(17)3)20(4)13-16-7-9-21-10-8-16/h5-6,11,14,16,19H,7-10,12-13H2,1-4H3. The first-order chi connectivity index (χ1) is 10.1. The highest BCUT2D eigenvalue weighted by atomic mass is 16.5. The predicted molar refractivity (Wildman–Crippen MR) is 90.0 cm³/mol. The highest BCUT2D eigenvalue weighted by Gasteiger charge is 2.16. The van der Waals surface area contributed by atoms with Crippen LogP contribution in [0.15, 0.2) is 18.2 Å². The van der Waals surface area contributed by atoms with Gasteiger partial charge in [0, 0.05) is 45.1 Å². The SMILES string of the molecule is Cc1cc(N(C)CC2CCOCC2)ccc1CNC(C)C. The number of hydrogen-bond acceptors (Lipinski definition) is 3. The van der Waals surface area contributed by atoms with Crippen LogP contribution in [0, 0.1) is 12.8 Å². The van der Waals surface area contributed by atoms with Crippen molar-refractivity contribution in [2.24, 2.45) is 5.92 Å². The van der Waals surface area contributed by atoms with E-state index in [0.717, 1.165) is 32.2 Å². The maximum Gasteiger partial charge on any atom is 0.0469 e. The van der Waals surface area contributed by atoms with E-state index < -0.39 is 0 Å². The summed E-state index contributed by atoms with van der Waals surface area (Å²) in [5.74, 6) is 0.770. The summed E-state index contributed by atoms with van der Waals surface area (Å²) in [6.45, 7) is 10.5. The maximum atomic E-state index is 5.44. The largest absolute Gasteiger partial charge is 0.381 e. The van der Waals surface area contributed by atoms with Crippen molar-refractivity contribution in [3.63, 3.8) is 0 Å². The van der Waals surface area contributed by atoms with E-state index in [0.29, 0.717) is 6.04 Å². The molecule has 0 aromatic heterocycles. The molecular formula is C18H30N2O. The molecule has 3 nitrogen and oxygen atoms in total. The molecule has 0 bridgehead atoms. The first kappa shape index (κ1) is 16.3. The molecule has 0 unspecified atom stereocenters. The van der Waals surface area contributed by atoms with Gasteiger partial charge in [-0.3, -0.25) is 0 Å². The molecule has 0 amide bonds. The molecular weight excluding hydrogens is 260 g/mol. The highest BCUT2D eigenvalue weighted by Crippen LogP contribution is 2.22. The van der Waals surface area contributed by atoms with Crippen molar-refractivity contribution < 1.29 is 4.74 Å². The van der Waals surface area contributed by atoms with Gasteiger partial charge >= 0.3 is 0 Å². The lowest BCUT2D eigenvalue weighted by Crippen LogP contribution is -2.29. The fourth-order valence-electron chi connectivity index (χ4n) is 2.85. The summed E-state index contributed by atoms with van der Waals surface area (Å²) in [4.78, 5) is 2.39. The first-order valence-electron chi connectivity index (χ1n) is 8.18. The topological polar surface area (TPSA) is 24.5 Å². The summed E-state index contributed by atoms with van der Waals surface area (Å²) in [7, 11) is 2.20. The van der Waals surface area contributed by atoms with Gasteiger partial charge in [-0.2, -0.15) is 0 Å². The van der Waals surface area contributed by atoms with Crippen LogP contribution in [-0.2, 0) is 11.3 Å². The van der Waals surface area contributed by atoms with Gasteiger partial charge in [0.1, 0.15) is 0 Å². The van der Waals surface area contributed by atoms with Crippen LogP contribution in [0.1, 0.15) is 37.8 Å². The van der Waals surface area contributed by atoms with Crippen molar-refractivity contribution in [1.82, 2.24) is 5.32 Å². The normalized spacial score (nSPS) is 16.4. The van der Waals surface area contributed by atoms with Crippen LogP contribution in [0.4, 0.5) is 5.69 Å². The molecule has 1 aromatic rings. The Labute approximate surface area is 129 Å². The summed E-state index contributed by atoms with van der Waals surface area (Å²) in [5, 5.41) is 3.49. The van der Waals surface area contributed by atoms with Gasteiger partial charge in [-0.05, 0) is 48.9 Å². The minimum Gasteiger partial charge on any atom is -0.381 e. The lowest BCUT2D eigenvalue weighted by molar-refractivity contribution is 0.0685. The lowest BCUT2D eigenvalue weighted by atomic mass is 9.99. The quantitative estimate of drug-likeness (QED) is 0.869. The van der Waals surface area contributed by atoms with Gasteiger partial charge in [-0.25, -0.2) is 0 Å². The number of aryl methyl sites for hydroxylation is 1. The van der Waals surface area contributed by atoms with Gasteiger partial charge in [-0.1, -0.05) is 19.9 Å². The molecule has 0 saturated carbocycles. The second kappa shape index (κ2) is 7.81. The average Bonchev–Trinajstić information content (AvgIpc) is 2.46. The Hall–Kier alpha value is -1.06. The van der Waals surface area contributed by atoms with Gasteiger partial charge < -0.3 is 15.0 Å². The molecule has 0 atom stereocenters. The molecule has 0 spiro atoms. The number of ether oxygens (including phenoxy) is 1. The number of hydrogen-bond donors (Lipinski definition) is 1. The fourth-order valence-corrected chi connectivity index (χ4v) is 2.85. The molecule has 1 heterocycles. The molecule has 3 heteroatoms. The molecule has 21 heavy (non-hydrogen) atoms. The predicted octanol–water partition coefficient (Wildman–Crippen LogP) is 3.36. The number of benzene rings is 1. The summed E-state index contributed by atoms with van der Waals surface area (Å²) in [6, 6.07) is 7.36. The van der Waals surface area contributed by atoms with Crippen molar-refractivity contribution >= 4 is 5.69 Å². The Morgan fingerprint density at radius 3 is 2.62 bits per heavy atom. The first-order valence-corrected chi connectivity index (χ1v) is 8.18. The molecule has 1 saturated heterocycles. The number of nitrogens with zero attached hydrogens (tertiary/aromatic N) is 1. The summed E-state index contributed by atoms with van der Waals surface area (Å²) in [5.41, 5.74) is 4.10. The third kappa shape index (κ3) is 5.01. The third-order valence-corrected chi connectivity index (χ3v) is 4.34. The second-order valence-electron chi connectivity index (χ2n) is 6.58. The van der Waals surface area contributed by atoms with Crippen LogP contribution < -0.4 is 10.2 Å². The van der Waals surface area contributed by atoms with E-state index in [1.54, 1.807) is 0 Å². The molecule has 1 aromatic carbocycles. The smallest absolute Gasteiger partial charge is 0.0469 e. The zero-order valence-electron chi connectivity index (χ0n) is 14.0. The van der Waals surface area contributed by atoms with Gasteiger partial charge in [-0.15, -0.1) is 0 Å². The van der Waals surface area contributed by atoms with E-state index in [9.17, 15) is 0 Å². The zero-order chi connectivity index (χ0) is 15.2. The summed E-state index contributed by atoms with van der Waals surface area (Å²) < 4.78 is 5.44. The van der Waals surface area contributed by atoms with Crippen molar-refractivity contribution in [2.45, 2.75) is 46.2 Å². The van der Waals surface area contributed by atoms with Crippen molar-refractivity contribution in [2.75, 3.05) is 31.7 Å². The van der Waals surface area contributed by atoms with Crippen LogP contribution in [0.3, 0.4) is 0 Å². The Kier molecular flexibility index (Phi) is 6.07. The Balaban J connectivity index is 1.94. The summed E-state index contributed by atoms with van der Waals surface area (Å²) in [6.07, 6.45) is 2.39. The van der Waals surface area contributed by atoms with Crippen LogP contribution in [0.25, 0.3) is 0 Å². The fraction of sp³-hybridized carbons (Fsp3) is 0.667. The van der Waals surface area contributed by atoms with E-state index in [-0.39, 0.29) is 0 Å².